The molecule has 0 radical (unpaired) electrons. The minimum Gasteiger partial charge on any atom is -0.462 e. The Morgan fingerprint density at radius 1 is 1.08 bits per heavy atom. The van der Waals surface area contributed by atoms with E-state index in [1.54, 1.807) is 11.3 Å². The maximum absolute atomic E-state index is 12.5. The number of ether oxygens (including phenoxy) is 1. The largest absolute Gasteiger partial charge is 0.462 e. The standard InChI is InChI=1S/C19H28N2O3S/c1-2-24-18(22)16-14-11-7-4-8-12-15(14)25-17(16)21-19(23)20-13-9-5-3-6-10-13/h13H,2-12H2,1H3,(H2,20,21,23). The van der Waals surface area contributed by atoms with Gasteiger partial charge in [-0.2, -0.15) is 0 Å². The van der Waals surface area contributed by atoms with E-state index in [-0.39, 0.29) is 18.0 Å². The van der Waals surface area contributed by atoms with Crippen LogP contribution in [-0.4, -0.2) is 24.6 Å². The van der Waals surface area contributed by atoms with Gasteiger partial charge in [0.2, 0.25) is 0 Å². The monoisotopic (exact) mass is 364 g/mol. The van der Waals surface area contributed by atoms with Gasteiger partial charge in [0, 0.05) is 10.9 Å². The van der Waals surface area contributed by atoms with Gasteiger partial charge >= 0.3 is 12.0 Å². The molecule has 0 bridgehead atoms. The van der Waals surface area contributed by atoms with E-state index < -0.39 is 0 Å². The minimum atomic E-state index is -0.310. The second-order valence-electron chi connectivity index (χ2n) is 6.92. The highest BCUT2D eigenvalue weighted by Crippen LogP contribution is 2.38. The van der Waals surface area contributed by atoms with Crippen LogP contribution in [0.15, 0.2) is 0 Å². The van der Waals surface area contributed by atoms with Crippen molar-refractivity contribution in [3.05, 3.63) is 16.0 Å². The lowest BCUT2D eigenvalue weighted by atomic mass is 9.96. The average molecular weight is 365 g/mol. The molecule has 1 fully saturated rings. The topological polar surface area (TPSA) is 67.4 Å². The van der Waals surface area contributed by atoms with Gasteiger partial charge in [0.15, 0.2) is 0 Å². The number of urea groups is 1. The first-order valence-electron chi connectivity index (χ1n) is 9.58. The van der Waals surface area contributed by atoms with Crippen molar-refractivity contribution in [2.45, 2.75) is 77.2 Å². The summed E-state index contributed by atoms with van der Waals surface area (Å²) in [6.45, 7) is 2.16. The number of thiophene rings is 1. The number of hydrogen-bond donors (Lipinski definition) is 2. The van der Waals surface area contributed by atoms with E-state index in [1.165, 1.54) is 30.6 Å². The molecule has 2 aliphatic carbocycles. The normalized spacial score (nSPS) is 18.1. The Hall–Kier alpha value is -1.56. The van der Waals surface area contributed by atoms with Crippen LogP contribution in [0.3, 0.4) is 0 Å². The zero-order valence-electron chi connectivity index (χ0n) is 15.0. The van der Waals surface area contributed by atoms with Gasteiger partial charge in [0.25, 0.3) is 0 Å². The van der Waals surface area contributed by atoms with E-state index in [0.717, 1.165) is 44.1 Å². The molecule has 1 heterocycles. The zero-order chi connectivity index (χ0) is 17.6. The number of nitrogens with one attached hydrogen (secondary N) is 2. The van der Waals surface area contributed by atoms with E-state index in [0.29, 0.717) is 17.2 Å². The van der Waals surface area contributed by atoms with Crippen molar-refractivity contribution in [3.63, 3.8) is 0 Å². The lowest BCUT2D eigenvalue weighted by Crippen LogP contribution is -2.39. The predicted octanol–water partition coefficient (Wildman–Crippen LogP) is 4.65. The van der Waals surface area contributed by atoms with Crippen molar-refractivity contribution in [2.75, 3.05) is 11.9 Å². The van der Waals surface area contributed by atoms with Crippen LogP contribution in [0.1, 0.15) is 79.1 Å². The summed E-state index contributed by atoms with van der Waals surface area (Å²) in [5.41, 5.74) is 1.68. The molecule has 1 aromatic rings. The zero-order valence-corrected chi connectivity index (χ0v) is 15.8. The van der Waals surface area contributed by atoms with Crippen molar-refractivity contribution in [1.29, 1.82) is 0 Å². The molecule has 0 aliphatic heterocycles. The fraction of sp³-hybridized carbons (Fsp3) is 0.684. The molecule has 0 spiro atoms. The maximum atomic E-state index is 12.5. The number of hydrogen-bond acceptors (Lipinski definition) is 4. The molecule has 3 rings (SSSR count). The van der Waals surface area contributed by atoms with E-state index >= 15 is 0 Å². The first-order valence-corrected chi connectivity index (χ1v) is 10.4. The molecular formula is C19H28N2O3S. The fourth-order valence-corrected chi connectivity index (χ4v) is 5.09. The Bertz CT molecular complexity index is 620. The fourth-order valence-electron chi connectivity index (χ4n) is 3.82. The molecule has 0 unspecified atom stereocenters. The smallest absolute Gasteiger partial charge is 0.341 e. The van der Waals surface area contributed by atoms with Crippen LogP contribution < -0.4 is 10.6 Å². The van der Waals surface area contributed by atoms with Crippen LogP contribution in [0, 0.1) is 0 Å². The summed E-state index contributed by atoms with van der Waals surface area (Å²) in [6.07, 6.45) is 11.0. The first kappa shape index (κ1) is 18.2. The molecule has 138 valence electrons. The van der Waals surface area contributed by atoms with Gasteiger partial charge < -0.3 is 10.1 Å². The Morgan fingerprint density at radius 2 is 1.80 bits per heavy atom. The van der Waals surface area contributed by atoms with Crippen molar-refractivity contribution >= 4 is 28.3 Å². The van der Waals surface area contributed by atoms with Crippen LogP contribution in [-0.2, 0) is 17.6 Å². The summed E-state index contributed by atoms with van der Waals surface area (Å²) in [5, 5.41) is 6.66. The van der Waals surface area contributed by atoms with Crippen LogP contribution >= 0.6 is 11.3 Å². The number of rotatable bonds is 4. The third-order valence-electron chi connectivity index (χ3n) is 5.07. The van der Waals surface area contributed by atoms with Crippen LogP contribution in [0.2, 0.25) is 0 Å². The molecular weight excluding hydrogens is 336 g/mol. The molecule has 1 aromatic heterocycles. The van der Waals surface area contributed by atoms with Crippen molar-refractivity contribution in [3.8, 4) is 0 Å². The summed E-state index contributed by atoms with van der Waals surface area (Å²) >= 11 is 1.55. The number of aryl methyl sites for hydroxylation is 1. The molecule has 2 amide bonds. The highest BCUT2D eigenvalue weighted by atomic mass is 32.1. The molecule has 25 heavy (non-hydrogen) atoms. The van der Waals surface area contributed by atoms with Gasteiger partial charge in [-0.05, 0) is 51.0 Å². The molecule has 0 atom stereocenters. The van der Waals surface area contributed by atoms with Crippen LogP contribution in [0.4, 0.5) is 9.80 Å². The van der Waals surface area contributed by atoms with Gasteiger partial charge in [0.05, 0.1) is 12.2 Å². The number of amides is 2. The van der Waals surface area contributed by atoms with Gasteiger partial charge in [-0.3, -0.25) is 5.32 Å². The van der Waals surface area contributed by atoms with Crippen molar-refractivity contribution < 1.29 is 14.3 Å². The molecule has 2 N–H and O–H groups in total. The first-order chi connectivity index (χ1) is 12.2. The number of anilines is 1. The number of fused-ring (bicyclic) bond motifs is 1. The number of carbonyl (C=O) groups is 2. The van der Waals surface area contributed by atoms with Gasteiger partial charge in [-0.15, -0.1) is 11.3 Å². The summed E-state index contributed by atoms with van der Waals surface area (Å²) in [7, 11) is 0. The lowest BCUT2D eigenvalue weighted by Gasteiger charge is -2.22. The van der Waals surface area contributed by atoms with Gasteiger partial charge in [0.1, 0.15) is 5.00 Å². The van der Waals surface area contributed by atoms with Crippen molar-refractivity contribution in [1.82, 2.24) is 5.32 Å². The molecule has 6 heteroatoms. The molecule has 5 nitrogen and oxygen atoms in total. The minimum absolute atomic E-state index is 0.200. The Balaban J connectivity index is 1.77. The summed E-state index contributed by atoms with van der Waals surface area (Å²) in [6, 6.07) is 0.0476. The van der Waals surface area contributed by atoms with Gasteiger partial charge in [-0.25, -0.2) is 9.59 Å². The highest BCUT2D eigenvalue weighted by Gasteiger charge is 2.27. The molecule has 0 aromatic carbocycles. The summed E-state index contributed by atoms with van der Waals surface area (Å²) in [4.78, 5) is 26.2. The van der Waals surface area contributed by atoms with E-state index in [2.05, 4.69) is 10.6 Å². The summed E-state index contributed by atoms with van der Waals surface area (Å²) < 4.78 is 5.26. The Labute approximate surface area is 153 Å². The predicted molar refractivity (Wildman–Crippen MR) is 101 cm³/mol. The SMILES string of the molecule is CCOC(=O)c1c(NC(=O)NC2CCCCC2)sc2c1CCCCC2. The van der Waals surface area contributed by atoms with Crippen LogP contribution in [0.25, 0.3) is 0 Å². The molecule has 2 aliphatic rings. The molecule has 1 saturated carbocycles. The number of carbonyl (C=O) groups excluding carboxylic acids is 2. The Morgan fingerprint density at radius 3 is 2.56 bits per heavy atom. The third-order valence-corrected chi connectivity index (χ3v) is 6.28. The molecule has 0 saturated heterocycles. The maximum Gasteiger partial charge on any atom is 0.341 e. The second-order valence-corrected chi connectivity index (χ2v) is 8.03. The Kier molecular flexibility index (Phi) is 6.34. The summed E-state index contributed by atoms with van der Waals surface area (Å²) in [5.74, 6) is -0.310. The van der Waals surface area contributed by atoms with E-state index in [4.69, 9.17) is 4.74 Å². The van der Waals surface area contributed by atoms with Gasteiger partial charge in [-0.1, -0.05) is 25.7 Å². The van der Waals surface area contributed by atoms with Crippen LogP contribution in [0.5, 0.6) is 0 Å². The highest BCUT2D eigenvalue weighted by molar-refractivity contribution is 7.17. The second kappa shape index (κ2) is 8.70. The average Bonchev–Trinajstić information content (AvgIpc) is 2.77. The quantitative estimate of drug-likeness (QED) is 0.604. The third kappa shape index (κ3) is 4.54. The van der Waals surface area contributed by atoms with E-state index in [9.17, 15) is 9.59 Å². The lowest BCUT2D eigenvalue weighted by molar-refractivity contribution is 0.0527. The van der Waals surface area contributed by atoms with Crippen molar-refractivity contribution in [2.24, 2.45) is 0 Å². The van der Waals surface area contributed by atoms with E-state index in [1.807, 2.05) is 6.92 Å². The number of esters is 1.